The number of H-pyrrole nitrogens is 2. The van der Waals surface area contributed by atoms with Gasteiger partial charge in [0.25, 0.3) is 0 Å². The molecule has 0 atom stereocenters. The average Bonchev–Trinajstić information content (AvgIpc) is 3.62. The Morgan fingerprint density at radius 3 is 2.38 bits per heavy atom. The molecule has 194 valence electrons. The first kappa shape index (κ1) is 23.9. The molecule has 0 saturated heterocycles. The van der Waals surface area contributed by atoms with Gasteiger partial charge in [-0.25, -0.2) is 9.37 Å². The Labute approximate surface area is 229 Å². The van der Waals surface area contributed by atoms with E-state index in [2.05, 4.69) is 60.8 Å². The molecule has 0 amide bonds. The van der Waals surface area contributed by atoms with E-state index in [1.165, 1.54) is 17.7 Å². The minimum Gasteiger partial charge on any atom is -0.335 e. The van der Waals surface area contributed by atoms with Crippen LogP contribution >= 0.6 is 0 Å². The van der Waals surface area contributed by atoms with Crippen molar-refractivity contribution < 1.29 is 4.39 Å². The van der Waals surface area contributed by atoms with Gasteiger partial charge in [-0.15, -0.1) is 0 Å². The number of imidazole rings is 1. The fraction of sp³-hybridized carbons (Fsp3) is 0.0625. The zero-order chi connectivity index (χ0) is 26.9. The molecule has 0 aliphatic carbocycles. The summed E-state index contributed by atoms with van der Waals surface area (Å²) in [6.07, 6.45) is 7.26. The standard InChI is InChI=1S/C32H24FN7/c33-25-9-6-22(7-10-25)27-18-36-19-29-30(27)38-32(37-29)31-26-13-23(8-11-28(26)39-40-31)24-12-21(16-35-17-24)15-34-14-20-4-2-1-3-5-20/h1-13,16-19,34H,14-15H2,(H,37,38)(H,39,40). The maximum atomic E-state index is 13.5. The molecule has 8 heteroatoms. The van der Waals surface area contributed by atoms with Crippen LogP contribution in [-0.4, -0.2) is 30.1 Å². The fourth-order valence-electron chi connectivity index (χ4n) is 4.95. The Morgan fingerprint density at radius 1 is 0.700 bits per heavy atom. The Kier molecular flexibility index (Phi) is 6.07. The highest BCUT2D eigenvalue weighted by Crippen LogP contribution is 2.33. The van der Waals surface area contributed by atoms with Crippen molar-refractivity contribution in [2.75, 3.05) is 0 Å². The van der Waals surface area contributed by atoms with E-state index >= 15 is 0 Å². The molecule has 7 aromatic rings. The maximum absolute atomic E-state index is 13.5. The first-order chi connectivity index (χ1) is 19.7. The lowest BCUT2D eigenvalue weighted by atomic mass is 10.0. The lowest BCUT2D eigenvalue weighted by Crippen LogP contribution is -2.12. The maximum Gasteiger partial charge on any atom is 0.159 e. The van der Waals surface area contributed by atoms with Crippen LogP contribution in [0, 0.1) is 5.82 Å². The van der Waals surface area contributed by atoms with Crippen LogP contribution in [-0.2, 0) is 13.1 Å². The van der Waals surface area contributed by atoms with E-state index in [-0.39, 0.29) is 5.82 Å². The van der Waals surface area contributed by atoms with Gasteiger partial charge in [0.15, 0.2) is 5.82 Å². The van der Waals surface area contributed by atoms with Crippen LogP contribution in [0.5, 0.6) is 0 Å². The van der Waals surface area contributed by atoms with Crippen molar-refractivity contribution in [3.8, 4) is 33.8 Å². The quantitative estimate of drug-likeness (QED) is 0.216. The van der Waals surface area contributed by atoms with Crippen molar-refractivity contribution >= 4 is 21.9 Å². The van der Waals surface area contributed by atoms with Gasteiger partial charge in [-0.3, -0.25) is 15.1 Å². The van der Waals surface area contributed by atoms with Crippen LogP contribution in [0.15, 0.2) is 104 Å². The van der Waals surface area contributed by atoms with Crippen LogP contribution in [0.3, 0.4) is 0 Å². The molecule has 0 aliphatic rings. The van der Waals surface area contributed by atoms with Crippen molar-refractivity contribution in [1.82, 2.24) is 35.5 Å². The van der Waals surface area contributed by atoms with Crippen molar-refractivity contribution in [2.24, 2.45) is 0 Å². The number of benzene rings is 3. The van der Waals surface area contributed by atoms with E-state index in [9.17, 15) is 4.39 Å². The molecule has 4 heterocycles. The van der Waals surface area contributed by atoms with Gasteiger partial charge >= 0.3 is 0 Å². The molecule has 3 N–H and O–H groups in total. The first-order valence-corrected chi connectivity index (χ1v) is 13.0. The second-order valence-electron chi connectivity index (χ2n) is 9.68. The molecule has 0 aliphatic heterocycles. The van der Waals surface area contributed by atoms with E-state index in [4.69, 9.17) is 4.98 Å². The third-order valence-corrected chi connectivity index (χ3v) is 6.97. The van der Waals surface area contributed by atoms with Crippen LogP contribution in [0.4, 0.5) is 4.39 Å². The predicted octanol–water partition coefficient (Wildman–Crippen LogP) is 6.66. The lowest BCUT2D eigenvalue weighted by molar-refractivity contribution is 0.628. The smallest absolute Gasteiger partial charge is 0.159 e. The number of hydrogen-bond donors (Lipinski definition) is 3. The largest absolute Gasteiger partial charge is 0.335 e. The molecule has 0 bridgehead atoms. The third kappa shape index (κ3) is 4.61. The minimum absolute atomic E-state index is 0.283. The summed E-state index contributed by atoms with van der Waals surface area (Å²) >= 11 is 0. The highest BCUT2D eigenvalue weighted by molar-refractivity contribution is 5.98. The third-order valence-electron chi connectivity index (χ3n) is 6.97. The number of aromatic nitrogens is 6. The molecule has 4 aromatic heterocycles. The van der Waals surface area contributed by atoms with Crippen molar-refractivity contribution in [3.63, 3.8) is 0 Å². The van der Waals surface area contributed by atoms with E-state index in [1.54, 1.807) is 24.5 Å². The summed E-state index contributed by atoms with van der Waals surface area (Å²) in [7, 11) is 0. The normalized spacial score (nSPS) is 11.4. The summed E-state index contributed by atoms with van der Waals surface area (Å²) in [5, 5.41) is 12.1. The Balaban J connectivity index is 1.20. The summed E-state index contributed by atoms with van der Waals surface area (Å²) in [4.78, 5) is 17.1. The van der Waals surface area contributed by atoms with Crippen LogP contribution in [0.2, 0.25) is 0 Å². The summed E-state index contributed by atoms with van der Waals surface area (Å²) < 4.78 is 13.5. The summed E-state index contributed by atoms with van der Waals surface area (Å²) in [5.74, 6) is 0.348. The van der Waals surface area contributed by atoms with Gasteiger partial charge in [0, 0.05) is 48.2 Å². The SMILES string of the molecule is Fc1ccc(-c2cncc3[nH]c(-c4n[nH]c5ccc(-c6cncc(CNCc7ccccc7)c6)cc45)nc23)cc1. The van der Waals surface area contributed by atoms with E-state index in [0.717, 1.165) is 62.8 Å². The number of halogens is 1. The molecule has 0 saturated carbocycles. The number of rotatable bonds is 7. The average molecular weight is 526 g/mol. The van der Waals surface area contributed by atoms with Gasteiger partial charge in [0.1, 0.15) is 11.5 Å². The second kappa shape index (κ2) is 10.2. The van der Waals surface area contributed by atoms with Gasteiger partial charge in [0.05, 0.1) is 22.7 Å². The molecular formula is C32H24FN7. The molecule has 0 unspecified atom stereocenters. The van der Waals surface area contributed by atoms with Crippen LogP contribution < -0.4 is 5.32 Å². The van der Waals surface area contributed by atoms with Gasteiger partial charge in [-0.2, -0.15) is 5.10 Å². The number of hydrogen-bond acceptors (Lipinski definition) is 5. The second-order valence-corrected chi connectivity index (χ2v) is 9.68. The molecular weight excluding hydrogens is 501 g/mol. The summed E-state index contributed by atoms with van der Waals surface area (Å²) in [5.41, 5.74) is 9.25. The molecule has 3 aromatic carbocycles. The molecule has 0 spiro atoms. The van der Waals surface area contributed by atoms with E-state index < -0.39 is 0 Å². The topological polar surface area (TPSA) is 95.2 Å². The molecule has 40 heavy (non-hydrogen) atoms. The van der Waals surface area contributed by atoms with Crippen LogP contribution in [0.25, 0.3) is 55.7 Å². The Morgan fingerprint density at radius 2 is 1.50 bits per heavy atom. The Bertz CT molecular complexity index is 1940. The van der Waals surface area contributed by atoms with Crippen LogP contribution in [0.1, 0.15) is 11.1 Å². The Hall–Kier alpha value is -5.21. The monoisotopic (exact) mass is 525 g/mol. The first-order valence-electron chi connectivity index (χ1n) is 13.0. The highest BCUT2D eigenvalue weighted by atomic mass is 19.1. The molecule has 0 radical (unpaired) electrons. The number of aromatic amines is 2. The van der Waals surface area contributed by atoms with Gasteiger partial charge < -0.3 is 10.3 Å². The number of nitrogens with one attached hydrogen (secondary N) is 3. The van der Waals surface area contributed by atoms with E-state index in [1.807, 2.05) is 36.7 Å². The van der Waals surface area contributed by atoms with Crippen molar-refractivity contribution in [1.29, 1.82) is 0 Å². The predicted molar refractivity (Wildman–Crippen MR) is 155 cm³/mol. The van der Waals surface area contributed by atoms with E-state index in [0.29, 0.717) is 11.5 Å². The molecule has 7 nitrogen and oxygen atoms in total. The van der Waals surface area contributed by atoms with Crippen molar-refractivity contribution in [3.05, 3.63) is 121 Å². The zero-order valence-corrected chi connectivity index (χ0v) is 21.4. The molecule has 7 rings (SSSR count). The fourth-order valence-corrected chi connectivity index (χ4v) is 4.95. The highest BCUT2D eigenvalue weighted by Gasteiger charge is 2.16. The molecule has 0 fully saturated rings. The minimum atomic E-state index is -0.283. The summed E-state index contributed by atoms with van der Waals surface area (Å²) in [6, 6.07) is 25.0. The number of nitrogens with zero attached hydrogens (tertiary/aromatic N) is 4. The zero-order valence-electron chi connectivity index (χ0n) is 21.4. The van der Waals surface area contributed by atoms with Gasteiger partial charge in [-0.05, 0) is 52.6 Å². The summed E-state index contributed by atoms with van der Waals surface area (Å²) in [6.45, 7) is 1.52. The number of pyridine rings is 2. The number of fused-ring (bicyclic) bond motifs is 2. The van der Waals surface area contributed by atoms with Gasteiger partial charge in [-0.1, -0.05) is 48.5 Å². The van der Waals surface area contributed by atoms with Crippen molar-refractivity contribution in [2.45, 2.75) is 13.1 Å². The van der Waals surface area contributed by atoms with Gasteiger partial charge in [0.2, 0.25) is 0 Å². The lowest BCUT2D eigenvalue weighted by Gasteiger charge is -2.07.